The highest BCUT2D eigenvalue weighted by molar-refractivity contribution is 8.01. The maximum Gasteiger partial charge on any atom is 0.237 e. The normalized spacial score (nSPS) is 29.5. The number of hydrogen-bond donors (Lipinski definition) is 2. The fraction of sp³-hybridized carbons (Fsp3) is 0.667. The SMILES string of the molecule is Cc1nnc(SC2CCC(N)(C(N)=O)C2)s1. The molecule has 0 saturated heterocycles. The average Bonchev–Trinajstić information content (AvgIpc) is 2.75. The lowest BCUT2D eigenvalue weighted by molar-refractivity contribution is -0.122. The molecule has 0 spiro atoms. The first-order valence-electron chi connectivity index (χ1n) is 5.05. The molecule has 1 aromatic heterocycles. The maximum absolute atomic E-state index is 11.2. The van der Waals surface area contributed by atoms with Gasteiger partial charge in [0.2, 0.25) is 5.91 Å². The number of thioether (sulfide) groups is 1. The summed E-state index contributed by atoms with van der Waals surface area (Å²) in [6.45, 7) is 1.92. The van der Waals surface area contributed by atoms with Gasteiger partial charge in [-0.25, -0.2) is 0 Å². The molecule has 1 heterocycles. The number of amides is 1. The smallest absolute Gasteiger partial charge is 0.237 e. The van der Waals surface area contributed by atoms with Crippen LogP contribution in [0.5, 0.6) is 0 Å². The van der Waals surface area contributed by atoms with Crippen molar-refractivity contribution >= 4 is 29.0 Å². The molecule has 0 radical (unpaired) electrons. The summed E-state index contributed by atoms with van der Waals surface area (Å²) in [7, 11) is 0. The highest BCUT2D eigenvalue weighted by atomic mass is 32.2. The number of rotatable bonds is 3. The summed E-state index contributed by atoms with van der Waals surface area (Å²) in [5, 5.41) is 9.28. The van der Waals surface area contributed by atoms with Crippen LogP contribution in [0, 0.1) is 6.92 Å². The molecule has 2 rings (SSSR count). The van der Waals surface area contributed by atoms with Crippen molar-refractivity contribution in [1.29, 1.82) is 0 Å². The van der Waals surface area contributed by atoms with Gasteiger partial charge in [0.1, 0.15) is 5.01 Å². The molecule has 5 nitrogen and oxygen atoms in total. The van der Waals surface area contributed by atoms with Crippen LogP contribution >= 0.6 is 23.1 Å². The molecular weight excluding hydrogens is 244 g/mol. The number of carbonyl (C=O) groups excluding carboxylic acids is 1. The van der Waals surface area contributed by atoms with Gasteiger partial charge in [-0.15, -0.1) is 10.2 Å². The van der Waals surface area contributed by atoms with E-state index in [2.05, 4.69) is 10.2 Å². The minimum atomic E-state index is -0.822. The topological polar surface area (TPSA) is 94.9 Å². The van der Waals surface area contributed by atoms with Crippen molar-refractivity contribution in [2.45, 2.75) is 41.3 Å². The summed E-state index contributed by atoms with van der Waals surface area (Å²) >= 11 is 3.22. The van der Waals surface area contributed by atoms with E-state index in [9.17, 15) is 4.79 Å². The number of carbonyl (C=O) groups is 1. The molecule has 2 unspecified atom stereocenters. The van der Waals surface area contributed by atoms with Gasteiger partial charge in [-0.1, -0.05) is 23.1 Å². The summed E-state index contributed by atoms with van der Waals surface area (Å²) in [6, 6.07) is 0. The van der Waals surface area contributed by atoms with Gasteiger partial charge in [-0.2, -0.15) is 0 Å². The van der Waals surface area contributed by atoms with E-state index in [1.54, 1.807) is 23.1 Å². The summed E-state index contributed by atoms with van der Waals surface area (Å²) in [6.07, 6.45) is 2.20. The molecule has 1 aromatic rings. The molecule has 0 aromatic carbocycles. The van der Waals surface area contributed by atoms with E-state index in [0.717, 1.165) is 15.8 Å². The number of aromatic nitrogens is 2. The summed E-state index contributed by atoms with van der Waals surface area (Å²) in [4.78, 5) is 11.2. The number of hydrogen-bond acceptors (Lipinski definition) is 6. The number of primary amides is 1. The van der Waals surface area contributed by atoms with Crippen molar-refractivity contribution < 1.29 is 4.79 Å². The molecule has 0 aliphatic heterocycles. The number of nitrogens with two attached hydrogens (primary N) is 2. The summed E-state index contributed by atoms with van der Waals surface area (Å²) < 4.78 is 0.941. The molecule has 4 N–H and O–H groups in total. The van der Waals surface area contributed by atoms with Crippen LogP contribution in [0.4, 0.5) is 0 Å². The standard InChI is InChI=1S/C9H14N4OS2/c1-5-12-13-8(15-5)16-6-2-3-9(11,4-6)7(10)14/h6H,2-4,11H2,1H3,(H2,10,14). The van der Waals surface area contributed by atoms with Crippen molar-refractivity contribution in [2.75, 3.05) is 0 Å². The number of nitrogens with zero attached hydrogens (tertiary/aromatic N) is 2. The Morgan fingerprint density at radius 1 is 1.62 bits per heavy atom. The van der Waals surface area contributed by atoms with E-state index < -0.39 is 11.4 Å². The largest absolute Gasteiger partial charge is 0.368 e. The predicted octanol–water partition coefficient (Wildman–Crippen LogP) is 0.674. The van der Waals surface area contributed by atoms with E-state index in [1.165, 1.54) is 0 Å². The van der Waals surface area contributed by atoms with Crippen LogP contribution in [-0.4, -0.2) is 26.9 Å². The van der Waals surface area contributed by atoms with Gasteiger partial charge in [0.25, 0.3) is 0 Å². The van der Waals surface area contributed by atoms with Crippen molar-refractivity contribution in [3.8, 4) is 0 Å². The molecule has 2 atom stereocenters. The maximum atomic E-state index is 11.2. The minimum absolute atomic E-state index is 0.324. The van der Waals surface area contributed by atoms with Gasteiger partial charge in [0.05, 0.1) is 5.54 Å². The van der Waals surface area contributed by atoms with E-state index in [0.29, 0.717) is 18.1 Å². The molecule has 1 fully saturated rings. The van der Waals surface area contributed by atoms with Crippen molar-refractivity contribution in [2.24, 2.45) is 11.5 Å². The molecular formula is C9H14N4OS2. The van der Waals surface area contributed by atoms with Crippen LogP contribution in [0.3, 0.4) is 0 Å². The van der Waals surface area contributed by atoms with Crippen LogP contribution in [0.1, 0.15) is 24.3 Å². The fourth-order valence-electron chi connectivity index (χ4n) is 1.82. The van der Waals surface area contributed by atoms with Crippen molar-refractivity contribution in [3.63, 3.8) is 0 Å². The van der Waals surface area contributed by atoms with E-state index >= 15 is 0 Å². The molecule has 1 aliphatic carbocycles. The average molecular weight is 258 g/mol. The fourth-order valence-corrected chi connectivity index (χ4v) is 4.19. The Balaban J connectivity index is 1.97. The quantitative estimate of drug-likeness (QED) is 0.831. The molecule has 1 amide bonds. The Kier molecular flexibility index (Phi) is 3.18. The van der Waals surface area contributed by atoms with Gasteiger partial charge in [0, 0.05) is 5.25 Å². The first kappa shape index (κ1) is 11.8. The zero-order chi connectivity index (χ0) is 11.8. The zero-order valence-corrected chi connectivity index (χ0v) is 10.6. The Labute approximate surface area is 102 Å². The molecule has 0 bridgehead atoms. The highest BCUT2D eigenvalue weighted by Gasteiger charge is 2.41. The van der Waals surface area contributed by atoms with E-state index in [4.69, 9.17) is 11.5 Å². The van der Waals surface area contributed by atoms with E-state index in [1.807, 2.05) is 6.92 Å². The third-order valence-electron chi connectivity index (χ3n) is 2.77. The zero-order valence-electron chi connectivity index (χ0n) is 8.97. The lowest BCUT2D eigenvalue weighted by Gasteiger charge is -2.18. The monoisotopic (exact) mass is 258 g/mol. The van der Waals surface area contributed by atoms with Gasteiger partial charge in [-0.05, 0) is 26.2 Å². The third kappa shape index (κ3) is 2.36. The lowest BCUT2D eigenvalue weighted by Crippen LogP contribution is -2.50. The first-order valence-corrected chi connectivity index (χ1v) is 6.75. The van der Waals surface area contributed by atoms with Crippen LogP contribution in [0.25, 0.3) is 0 Å². The van der Waals surface area contributed by atoms with Crippen LogP contribution in [-0.2, 0) is 4.79 Å². The lowest BCUT2D eigenvalue weighted by atomic mass is 9.99. The Morgan fingerprint density at radius 3 is 2.88 bits per heavy atom. The van der Waals surface area contributed by atoms with Crippen molar-refractivity contribution in [3.05, 3.63) is 5.01 Å². The Bertz CT molecular complexity index is 408. The Morgan fingerprint density at radius 2 is 2.38 bits per heavy atom. The molecule has 1 aliphatic rings. The van der Waals surface area contributed by atoms with Crippen LogP contribution < -0.4 is 11.5 Å². The van der Waals surface area contributed by atoms with Gasteiger partial charge in [0.15, 0.2) is 4.34 Å². The van der Waals surface area contributed by atoms with Gasteiger partial charge < -0.3 is 11.5 Å². The second-order valence-electron chi connectivity index (χ2n) is 4.09. The Hall–Kier alpha value is -0.660. The second-order valence-corrected chi connectivity index (χ2v) is 6.82. The summed E-state index contributed by atoms with van der Waals surface area (Å²) in [5.41, 5.74) is 10.4. The molecule has 7 heteroatoms. The van der Waals surface area contributed by atoms with Crippen LogP contribution in [0.2, 0.25) is 0 Å². The van der Waals surface area contributed by atoms with Crippen molar-refractivity contribution in [1.82, 2.24) is 10.2 Å². The molecule has 88 valence electrons. The summed E-state index contributed by atoms with van der Waals surface area (Å²) in [5.74, 6) is -0.399. The molecule has 1 saturated carbocycles. The highest BCUT2D eigenvalue weighted by Crippen LogP contribution is 2.39. The van der Waals surface area contributed by atoms with Gasteiger partial charge in [-0.3, -0.25) is 4.79 Å². The van der Waals surface area contributed by atoms with E-state index in [-0.39, 0.29) is 0 Å². The third-order valence-corrected chi connectivity index (χ3v) is 4.96. The number of aryl methyl sites for hydroxylation is 1. The van der Waals surface area contributed by atoms with Gasteiger partial charge >= 0.3 is 0 Å². The van der Waals surface area contributed by atoms with Crippen LogP contribution in [0.15, 0.2) is 4.34 Å². The predicted molar refractivity (Wildman–Crippen MR) is 64.3 cm³/mol. The first-order chi connectivity index (χ1) is 7.49. The molecule has 16 heavy (non-hydrogen) atoms. The minimum Gasteiger partial charge on any atom is -0.368 e. The second kappa shape index (κ2) is 4.31.